The number of carbonyl (C=O) groups is 1. The molecule has 0 radical (unpaired) electrons. The van der Waals surface area contributed by atoms with Gasteiger partial charge in [-0.05, 0) is 36.6 Å². The summed E-state index contributed by atoms with van der Waals surface area (Å²) >= 11 is 3.38. The fourth-order valence-electron chi connectivity index (χ4n) is 1.46. The third kappa shape index (κ3) is 3.71. The Kier molecular flexibility index (Phi) is 4.96. The van der Waals surface area contributed by atoms with Gasteiger partial charge in [-0.2, -0.15) is 0 Å². The highest BCUT2D eigenvalue weighted by Gasteiger charge is 2.23. The van der Waals surface area contributed by atoms with Gasteiger partial charge in [-0.15, -0.1) is 0 Å². The maximum atomic E-state index is 11.6. The lowest BCUT2D eigenvalue weighted by Gasteiger charge is -2.21. The minimum Gasteiger partial charge on any atom is -0.480 e. The van der Waals surface area contributed by atoms with Gasteiger partial charge < -0.3 is 4.74 Å². The summed E-state index contributed by atoms with van der Waals surface area (Å²) in [5.74, 6) is 5.56. The molecule has 0 spiro atoms. The van der Waals surface area contributed by atoms with E-state index in [1.807, 2.05) is 39.0 Å². The third-order valence-electron chi connectivity index (χ3n) is 2.40. The first kappa shape index (κ1) is 14.0. The topological polar surface area (TPSA) is 64.3 Å². The molecule has 1 aromatic carbocycles. The number of carbonyl (C=O) groups excluding carboxylic acids is 1. The summed E-state index contributed by atoms with van der Waals surface area (Å²) in [6.07, 6.45) is -0.583. The van der Waals surface area contributed by atoms with Crippen molar-refractivity contribution in [1.82, 2.24) is 5.43 Å². The fourth-order valence-corrected chi connectivity index (χ4v) is 1.93. The molecular weight excluding hydrogens is 284 g/mol. The standard InChI is InChI=1S/C12H17BrN2O2/c1-7(2)11(12(16)15-14)17-10-5-4-9(13)6-8(10)3/h4-7,11H,14H2,1-3H3,(H,15,16). The first-order chi connectivity index (χ1) is 7.95. The second-order valence-corrected chi connectivity index (χ2v) is 5.12. The van der Waals surface area contributed by atoms with E-state index in [0.29, 0.717) is 5.75 Å². The molecule has 1 atom stereocenters. The molecule has 0 bridgehead atoms. The van der Waals surface area contributed by atoms with Crippen LogP contribution in [0.25, 0.3) is 0 Å². The van der Waals surface area contributed by atoms with Crippen molar-refractivity contribution in [2.75, 3.05) is 0 Å². The van der Waals surface area contributed by atoms with Crippen molar-refractivity contribution in [3.8, 4) is 5.75 Å². The van der Waals surface area contributed by atoms with E-state index < -0.39 is 6.10 Å². The molecule has 1 unspecified atom stereocenters. The Bertz CT molecular complexity index is 407. The quantitative estimate of drug-likeness (QED) is 0.509. The van der Waals surface area contributed by atoms with Crippen molar-refractivity contribution in [2.45, 2.75) is 26.9 Å². The number of ether oxygens (including phenoxy) is 1. The number of nitrogens with two attached hydrogens (primary N) is 1. The van der Waals surface area contributed by atoms with Crippen LogP contribution in [0.5, 0.6) is 5.75 Å². The molecule has 1 amide bonds. The molecule has 1 rings (SSSR count). The summed E-state index contributed by atoms with van der Waals surface area (Å²) in [5.41, 5.74) is 3.09. The average Bonchev–Trinajstić information content (AvgIpc) is 2.26. The Labute approximate surface area is 110 Å². The lowest BCUT2D eigenvalue weighted by Crippen LogP contribution is -2.44. The fraction of sp³-hybridized carbons (Fsp3) is 0.417. The number of amides is 1. The van der Waals surface area contributed by atoms with Gasteiger partial charge in [0.05, 0.1) is 0 Å². The van der Waals surface area contributed by atoms with Crippen LogP contribution in [0.3, 0.4) is 0 Å². The molecule has 0 aromatic heterocycles. The van der Waals surface area contributed by atoms with E-state index in [9.17, 15) is 4.79 Å². The van der Waals surface area contributed by atoms with E-state index in [1.54, 1.807) is 0 Å². The van der Waals surface area contributed by atoms with Crippen molar-refractivity contribution in [2.24, 2.45) is 11.8 Å². The number of nitrogens with one attached hydrogen (secondary N) is 1. The van der Waals surface area contributed by atoms with E-state index in [4.69, 9.17) is 10.6 Å². The smallest absolute Gasteiger partial charge is 0.275 e. The summed E-state index contributed by atoms with van der Waals surface area (Å²) in [5, 5.41) is 0. The summed E-state index contributed by atoms with van der Waals surface area (Å²) in [6, 6.07) is 5.64. The highest BCUT2D eigenvalue weighted by molar-refractivity contribution is 9.10. The van der Waals surface area contributed by atoms with Crippen LogP contribution < -0.4 is 16.0 Å². The lowest BCUT2D eigenvalue weighted by molar-refractivity contribution is -0.129. The van der Waals surface area contributed by atoms with Crippen LogP contribution in [0.2, 0.25) is 0 Å². The van der Waals surface area contributed by atoms with Crippen LogP contribution in [0.15, 0.2) is 22.7 Å². The number of aryl methyl sites for hydroxylation is 1. The Morgan fingerprint density at radius 1 is 1.47 bits per heavy atom. The lowest BCUT2D eigenvalue weighted by atomic mass is 10.1. The number of hydrogen-bond donors (Lipinski definition) is 2. The molecule has 0 saturated carbocycles. The van der Waals surface area contributed by atoms with Crippen LogP contribution in [0, 0.1) is 12.8 Å². The van der Waals surface area contributed by atoms with Crippen LogP contribution in [0.4, 0.5) is 0 Å². The summed E-state index contributed by atoms with van der Waals surface area (Å²) in [4.78, 5) is 11.6. The number of hydrazine groups is 1. The number of hydrogen-bond acceptors (Lipinski definition) is 3. The minimum absolute atomic E-state index is 0.0431. The molecule has 1 aromatic rings. The van der Waals surface area contributed by atoms with Crippen molar-refractivity contribution in [1.29, 1.82) is 0 Å². The highest BCUT2D eigenvalue weighted by Crippen LogP contribution is 2.24. The van der Waals surface area contributed by atoms with E-state index in [2.05, 4.69) is 21.4 Å². The number of halogens is 1. The first-order valence-electron chi connectivity index (χ1n) is 5.39. The molecule has 94 valence electrons. The van der Waals surface area contributed by atoms with Crippen LogP contribution >= 0.6 is 15.9 Å². The van der Waals surface area contributed by atoms with Gasteiger partial charge in [0.25, 0.3) is 5.91 Å². The van der Waals surface area contributed by atoms with Crippen LogP contribution in [-0.2, 0) is 4.79 Å². The zero-order valence-corrected chi connectivity index (χ0v) is 11.7. The van der Waals surface area contributed by atoms with Gasteiger partial charge in [-0.1, -0.05) is 29.8 Å². The van der Waals surface area contributed by atoms with Crippen molar-refractivity contribution in [3.05, 3.63) is 28.2 Å². The van der Waals surface area contributed by atoms with Crippen LogP contribution in [-0.4, -0.2) is 12.0 Å². The molecule has 0 fully saturated rings. The van der Waals surface area contributed by atoms with Gasteiger partial charge in [-0.3, -0.25) is 10.2 Å². The molecule has 0 heterocycles. The molecule has 3 N–H and O–H groups in total. The van der Waals surface area contributed by atoms with Crippen molar-refractivity contribution in [3.63, 3.8) is 0 Å². The predicted molar refractivity (Wildman–Crippen MR) is 70.5 cm³/mol. The third-order valence-corrected chi connectivity index (χ3v) is 2.89. The van der Waals surface area contributed by atoms with E-state index >= 15 is 0 Å². The van der Waals surface area contributed by atoms with Crippen molar-refractivity contribution >= 4 is 21.8 Å². The summed E-state index contributed by atoms with van der Waals surface area (Å²) in [7, 11) is 0. The van der Waals surface area contributed by atoms with E-state index in [1.165, 1.54) is 0 Å². The largest absolute Gasteiger partial charge is 0.480 e. The van der Waals surface area contributed by atoms with Gasteiger partial charge in [0.2, 0.25) is 0 Å². The molecule has 17 heavy (non-hydrogen) atoms. The Balaban J connectivity index is 2.90. The maximum Gasteiger partial charge on any atom is 0.275 e. The molecule has 0 saturated heterocycles. The Morgan fingerprint density at radius 3 is 2.59 bits per heavy atom. The molecule has 0 aliphatic rings. The highest BCUT2D eigenvalue weighted by atomic mass is 79.9. The Hall–Kier alpha value is -1.07. The number of rotatable bonds is 4. The predicted octanol–water partition coefficient (Wildman–Crippen LogP) is 2.15. The second-order valence-electron chi connectivity index (χ2n) is 4.20. The van der Waals surface area contributed by atoms with Gasteiger partial charge in [-0.25, -0.2) is 5.84 Å². The van der Waals surface area contributed by atoms with E-state index in [-0.39, 0.29) is 11.8 Å². The first-order valence-corrected chi connectivity index (χ1v) is 6.18. The second kappa shape index (κ2) is 6.02. The molecular formula is C12H17BrN2O2. The van der Waals surface area contributed by atoms with E-state index in [0.717, 1.165) is 10.0 Å². The zero-order valence-electron chi connectivity index (χ0n) is 10.2. The van der Waals surface area contributed by atoms with Gasteiger partial charge in [0.1, 0.15) is 5.75 Å². The number of benzene rings is 1. The van der Waals surface area contributed by atoms with Gasteiger partial charge in [0, 0.05) is 4.47 Å². The SMILES string of the molecule is Cc1cc(Br)ccc1OC(C(=O)NN)C(C)C. The zero-order chi connectivity index (χ0) is 13.0. The molecule has 4 nitrogen and oxygen atoms in total. The Morgan fingerprint density at radius 2 is 2.12 bits per heavy atom. The molecule has 5 heteroatoms. The molecule has 0 aliphatic heterocycles. The minimum atomic E-state index is -0.583. The van der Waals surface area contributed by atoms with Crippen LogP contribution in [0.1, 0.15) is 19.4 Å². The maximum absolute atomic E-state index is 11.6. The van der Waals surface area contributed by atoms with Gasteiger partial charge >= 0.3 is 0 Å². The normalized spacial score (nSPS) is 12.4. The van der Waals surface area contributed by atoms with Gasteiger partial charge in [0.15, 0.2) is 6.10 Å². The monoisotopic (exact) mass is 300 g/mol. The van der Waals surface area contributed by atoms with Crippen molar-refractivity contribution < 1.29 is 9.53 Å². The molecule has 0 aliphatic carbocycles. The summed E-state index contributed by atoms with van der Waals surface area (Å²) < 4.78 is 6.68. The average molecular weight is 301 g/mol. The summed E-state index contributed by atoms with van der Waals surface area (Å²) in [6.45, 7) is 5.75.